The number of nitrogens with zero attached hydrogens (tertiary/aromatic N) is 2. The van der Waals surface area contributed by atoms with Crippen LogP contribution in [0.25, 0.3) is 11.1 Å². The van der Waals surface area contributed by atoms with Gasteiger partial charge in [-0.2, -0.15) is 4.98 Å². The van der Waals surface area contributed by atoms with Gasteiger partial charge >= 0.3 is 5.97 Å². The maximum atomic E-state index is 13.3. The predicted molar refractivity (Wildman–Crippen MR) is 92.8 cm³/mol. The number of carbonyl (C=O) groups is 1. The van der Waals surface area contributed by atoms with Gasteiger partial charge in [-0.1, -0.05) is 0 Å². The topological polar surface area (TPSA) is 91.2 Å². The van der Waals surface area contributed by atoms with Gasteiger partial charge in [0, 0.05) is 4.90 Å². The lowest BCUT2D eigenvalue weighted by Crippen LogP contribution is -2.07. The molecule has 0 aliphatic rings. The average Bonchev–Trinajstić information content (AvgIpc) is 2.92. The Morgan fingerprint density at radius 3 is 2.77 bits per heavy atom. The Morgan fingerprint density at radius 1 is 1.31 bits per heavy atom. The summed E-state index contributed by atoms with van der Waals surface area (Å²) in [5.41, 5.74) is 6.37. The minimum absolute atomic E-state index is 0.0933. The van der Waals surface area contributed by atoms with Crippen LogP contribution in [0.1, 0.15) is 28.9 Å². The Hall–Kier alpha value is -2.68. The van der Waals surface area contributed by atoms with Gasteiger partial charge in [0.25, 0.3) is 0 Å². The van der Waals surface area contributed by atoms with Crippen LogP contribution in [0.3, 0.4) is 0 Å². The molecule has 3 rings (SSSR count). The van der Waals surface area contributed by atoms with Crippen LogP contribution in [-0.2, 0) is 10.5 Å². The number of fused-ring (bicyclic) bond motifs is 1. The molecule has 0 fully saturated rings. The Morgan fingerprint density at radius 2 is 2.08 bits per heavy atom. The molecular formula is C17H15F2N3O3S. The number of carbonyl (C=O) groups excluding carboxylic acids is 1. The number of anilines is 1. The fourth-order valence-electron chi connectivity index (χ4n) is 2.41. The summed E-state index contributed by atoms with van der Waals surface area (Å²) in [7, 11) is 0. The second-order valence-corrected chi connectivity index (χ2v) is 6.37. The lowest BCUT2D eigenvalue weighted by atomic mass is 10.2. The zero-order chi connectivity index (χ0) is 18.8. The number of furan rings is 1. The molecule has 0 unspecified atom stereocenters. The van der Waals surface area contributed by atoms with E-state index in [9.17, 15) is 13.6 Å². The summed E-state index contributed by atoms with van der Waals surface area (Å²) in [6.07, 6.45) is 0. The van der Waals surface area contributed by atoms with Gasteiger partial charge in [-0.25, -0.2) is 18.6 Å². The number of hydrogen-bond acceptors (Lipinski definition) is 7. The van der Waals surface area contributed by atoms with Gasteiger partial charge in [-0.3, -0.25) is 0 Å². The van der Waals surface area contributed by atoms with Gasteiger partial charge in [0.15, 0.2) is 11.6 Å². The smallest absolute Gasteiger partial charge is 0.342 e. The first-order chi connectivity index (χ1) is 12.4. The maximum Gasteiger partial charge on any atom is 0.342 e. The molecule has 136 valence electrons. The summed E-state index contributed by atoms with van der Waals surface area (Å²) in [4.78, 5) is 21.1. The van der Waals surface area contributed by atoms with Crippen LogP contribution in [0.5, 0.6) is 0 Å². The van der Waals surface area contributed by atoms with E-state index in [0.29, 0.717) is 21.9 Å². The molecule has 0 amide bonds. The summed E-state index contributed by atoms with van der Waals surface area (Å²) in [5, 5.41) is 0.308. The minimum atomic E-state index is -0.924. The van der Waals surface area contributed by atoms with Crippen molar-refractivity contribution in [3.63, 3.8) is 0 Å². The number of benzene rings is 1. The molecule has 0 radical (unpaired) electrons. The summed E-state index contributed by atoms with van der Waals surface area (Å²) < 4.78 is 36.8. The molecule has 0 bridgehead atoms. The second kappa shape index (κ2) is 7.28. The van der Waals surface area contributed by atoms with E-state index in [-0.39, 0.29) is 29.5 Å². The van der Waals surface area contributed by atoms with Crippen molar-refractivity contribution in [2.45, 2.75) is 24.5 Å². The number of hydrogen-bond donors (Lipinski definition) is 1. The maximum absolute atomic E-state index is 13.3. The average molecular weight is 379 g/mol. The molecule has 9 heteroatoms. The third-order valence-corrected chi connectivity index (χ3v) is 4.53. The molecule has 1 aromatic carbocycles. The third kappa shape index (κ3) is 3.48. The van der Waals surface area contributed by atoms with Crippen molar-refractivity contribution in [1.29, 1.82) is 0 Å². The summed E-state index contributed by atoms with van der Waals surface area (Å²) in [6.45, 7) is 3.53. The Kier molecular flexibility index (Phi) is 5.08. The fourth-order valence-corrected chi connectivity index (χ4v) is 3.19. The van der Waals surface area contributed by atoms with Gasteiger partial charge in [0.1, 0.15) is 23.0 Å². The van der Waals surface area contributed by atoms with Gasteiger partial charge in [-0.05, 0) is 32.0 Å². The predicted octanol–water partition coefficient (Wildman–Crippen LogP) is 3.86. The lowest BCUT2D eigenvalue weighted by molar-refractivity contribution is 0.0526. The molecular weight excluding hydrogens is 364 g/mol. The number of rotatable bonds is 5. The molecule has 0 spiro atoms. The lowest BCUT2D eigenvalue weighted by Gasteiger charge is -2.04. The SMILES string of the molecule is CCOC(=O)c1c(C)oc2nc(CSc3ccc(F)c(F)c3)nc(N)c12. The van der Waals surface area contributed by atoms with E-state index in [2.05, 4.69) is 9.97 Å². The number of thioether (sulfide) groups is 1. The van der Waals surface area contributed by atoms with Gasteiger partial charge < -0.3 is 14.9 Å². The van der Waals surface area contributed by atoms with E-state index < -0.39 is 17.6 Å². The monoisotopic (exact) mass is 379 g/mol. The van der Waals surface area contributed by atoms with E-state index in [1.54, 1.807) is 13.8 Å². The zero-order valence-corrected chi connectivity index (χ0v) is 14.8. The van der Waals surface area contributed by atoms with E-state index in [4.69, 9.17) is 14.9 Å². The number of halogens is 2. The largest absolute Gasteiger partial charge is 0.462 e. The molecule has 6 nitrogen and oxygen atoms in total. The third-order valence-electron chi connectivity index (χ3n) is 3.54. The van der Waals surface area contributed by atoms with Gasteiger partial charge in [-0.15, -0.1) is 11.8 Å². The zero-order valence-electron chi connectivity index (χ0n) is 14.0. The molecule has 2 heterocycles. The van der Waals surface area contributed by atoms with Crippen molar-refractivity contribution in [2.75, 3.05) is 12.3 Å². The van der Waals surface area contributed by atoms with Crippen LogP contribution in [0, 0.1) is 18.6 Å². The summed E-state index contributed by atoms with van der Waals surface area (Å²) >= 11 is 1.22. The highest BCUT2D eigenvalue weighted by Crippen LogP contribution is 2.30. The van der Waals surface area contributed by atoms with Crippen LogP contribution in [-0.4, -0.2) is 22.5 Å². The van der Waals surface area contributed by atoms with E-state index in [0.717, 1.165) is 12.1 Å². The number of aromatic nitrogens is 2. The van der Waals surface area contributed by atoms with Crippen molar-refractivity contribution in [3.05, 3.63) is 47.0 Å². The van der Waals surface area contributed by atoms with E-state index >= 15 is 0 Å². The highest BCUT2D eigenvalue weighted by atomic mass is 32.2. The Labute approximate surface area is 151 Å². The van der Waals surface area contributed by atoms with Crippen molar-refractivity contribution >= 4 is 34.6 Å². The van der Waals surface area contributed by atoms with Crippen LogP contribution in [0.15, 0.2) is 27.5 Å². The van der Waals surface area contributed by atoms with Crippen molar-refractivity contribution in [3.8, 4) is 0 Å². The molecule has 3 aromatic rings. The first-order valence-corrected chi connectivity index (χ1v) is 8.69. The number of aryl methyl sites for hydroxylation is 1. The number of nitrogens with two attached hydrogens (primary N) is 1. The molecule has 2 N–H and O–H groups in total. The molecule has 0 saturated heterocycles. The first kappa shape index (κ1) is 18.1. The van der Waals surface area contributed by atoms with E-state index in [1.165, 1.54) is 17.8 Å². The number of nitrogen functional groups attached to an aromatic ring is 1. The normalized spacial score (nSPS) is 11.1. The van der Waals surface area contributed by atoms with Gasteiger partial charge in [0.05, 0.1) is 17.7 Å². The van der Waals surface area contributed by atoms with Gasteiger partial charge in [0.2, 0.25) is 5.71 Å². The van der Waals surface area contributed by atoms with Crippen molar-refractivity contribution in [2.24, 2.45) is 0 Å². The van der Waals surface area contributed by atoms with Crippen LogP contribution < -0.4 is 5.73 Å². The Bertz CT molecular complexity index is 991. The molecule has 0 atom stereocenters. The number of ether oxygens (including phenoxy) is 1. The van der Waals surface area contributed by atoms with Crippen LogP contribution >= 0.6 is 11.8 Å². The molecule has 2 aromatic heterocycles. The quantitative estimate of drug-likeness (QED) is 0.532. The highest BCUT2D eigenvalue weighted by Gasteiger charge is 2.23. The van der Waals surface area contributed by atoms with E-state index in [1.807, 2.05) is 0 Å². The molecule has 0 saturated carbocycles. The summed E-state index contributed by atoms with van der Waals surface area (Å²) in [5.74, 6) is -1.35. The van der Waals surface area contributed by atoms with Crippen LogP contribution in [0.4, 0.5) is 14.6 Å². The first-order valence-electron chi connectivity index (χ1n) is 7.71. The summed E-state index contributed by atoms with van der Waals surface area (Å²) in [6, 6.07) is 3.61. The molecule has 0 aliphatic heterocycles. The van der Waals surface area contributed by atoms with Crippen molar-refractivity contribution in [1.82, 2.24) is 9.97 Å². The molecule has 0 aliphatic carbocycles. The fraction of sp³-hybridized carbons (Fsp3) is 0.235. The van der Waals surface area contributed by atoms with Crippen molar-refractivity contribution < 1.29 is 22.7 Å². The number of esters is 1. The van der Waals surface area contributed by atoms with Crippen LogP contribution in [0.2, 0.25) is 0 Å². The standard InChI is InChI=1S/C17H15F2N3O3S/c1-3-24-17(23)13-8(2)25-16-14(13)15(20)21-12(22-16)7-26-9-4-5-10(18)11(19)6-9/h4-6H,3,7H2,1-2H3,(H2,20,21,22). The molecule has 26 heavy (non-hydrogen) atoms. The second-order valence-electron chi connectivity index (χ2n) is 5.32. The minimum Gasteiger partial charge on any atom is -0.462 e. The highest BCUT2D eigenvalue weighted by molar-refractivity contribution is 7.98. The Balaban J connectivity index is 1.89.